The minimum Gasteiger partial charge on any atom is -0.497 e. The van der Waals surface area contributed by atoms with Gasteiger partial charge in [-0.25, -0.2) is 0 Å². The Hall–Kier alpha value is -3.60. The first-order chi connectivity index (χ1) is 13.3. The first-order valence-corrected chi connectivity index (χ1v) is 8.59. The Bertz CT molecular complexity index is 980. The molecular formula is C22H18N2O3. The number of amides is 1. The second-order valence-corrected chi connectivity index (χ2v) is 6.08. The van der Waals surface area contributed by atoms with Crippen molar-refractivity contribution in [2.24, 2.45) is 5.16 Å². The van der Waals surface area contributed by atoms with Gasteiger partial charge in [0.2, 0.25) is 0 Å². The van der Waals surface area contributed by atoms with Crippen molar-refractivity contribution in [3.63, 3.8) is 0 Å². The summed E-state index contributed by atoms with van der Waals surface area (Å²) < 4.78 is 5.15. The molecular weight excluding hydrogens is 340 g/mol. The van der Waals surface area contributed by atoms with Gasteiger partial charge in [0.25, 0.3) is 5.91 Å². The van der Waals surface area contributed by atoms with Crippen molar-refractivity contribution >= 4 is 17.3 Å². The van der Waals surface area contributed by atoms with E-state index in [-0.39, 0.29) is 12.5 Å². The molecule has 0 atom stereocenters. The summed E-state index contributed by atoms with van der Waals surface area (Å²) in [4.78, 5) is 17.5. The number of carbonyl (C=O) groups excluding carboxylic acids is 1. The molecule has 1 amide bonds. The molecule has 0 heterocycles. The van der Waals surface area contributed by atoms with Gasteiger partial charge in [-0.3, -0.25) is 4.79 Å². The molecule has 0 radical (unpaired) electrons. The molecule has 27 heavy (non-hydrogen) atoms. The van der Waals surface area contributed by atoms with E-state index in [2.05, 4.69) is 22.6 Å². The maximum atomic E-state index is 12.1. The molecule has 1 aliphatic rings. The largest absolute Gasteiger partial charge is 0.497 e. The molecule has 4 rings (SSSR count). The van der Waals surface area contributed by atoms with Gasteiger partial charge < -0.3 is 14.9 Å². The lowest BCUT2D eigenvalue weighted by Gasteiger charge is -2.07. The van der Waals surface area contributed by atoms with E-state index in [1.807, 2.05) is 48.5 Å². The van der Waals surface area contributed by atoms with Crippen LogP contribution in [0.5, 0.6) is 5.75 Å². The van der Waals surface area contributed by atoms with Crippen molar-refractivity contribution in [1.29, 1.82) is 0 Å². The third-order valence-electron chi connectivity index (χ3n) is 4.36. The van der Waals surface area contributed by atoms with Crippen LogP contribution in [0.1, 0.15) is 11.1 Å². The van der Waals surface area contributed by atoms with Gasteiger partial charge >= 0.3 is 0 Å². The maximum Gasteiger partial charge on any atom is 0.265 e. The number of hydrogen-bond acceptors (Lipinski definition) is 4. The fourth-order valence-electron chi connectivity index (χ4n) is 3.15. The van der Waals surface area contributed by atoms with Gasteiger partial charge in [-0.05, 0) is 23.3 Å². The standard InChI is InChI=1S/C22H18N2O3/c1-26-16-8-6-7-15(13-16)23-21(25)14-27-24-22-19-11-4-2-9-17(19)18-10-3-5-12-20(18)22/h2-13H,14H2,1H3,(H,23,25). The van der Waals surface area contributed by atoms with Crippen LogP contribution in [-0.2, 0) is 9.63 Å². The first-order valence-electron chi connectivity index (χ1n) is 8.59. The van der Waals surface area contributed by atoms with Crippen molar-refractivity contribution in [2.45, 2.75) is 0 Å². The molecule has 1 N–H and O–H groups in total. The van der Waals surface area contributed by atoms with Crippen LogP contribution < -0.4 is 10.1 Å². The van der Waals surface area contributed by atoms with Crippen molar-refractivity contribution < 1.29 is 14.4 Å². The molecule has 0 saturated carbocycles. The maximum absolute atomic E-state index is 12.1. The van der Waals surface area contributed by atoms with Crippen LogP contribution in [-0.4, -0.2) is 25.3 Å². The van der Waals surface area contributed by atoms with E-state index < -0.39 is 0 Å². The Labute approximate surface area is 157 Å². The molecule has 0 saturated heterocycles. The van der Waals surface area contributed by atoms with Gasteiger partial charge in [0.05, 0.1) is 7.11 Å². The van der Waals surface area contributed by atoms with Crippen molar-refractivity contribution in [1.82, 2.24) is 0 Å². The molecule has 0 unspecified atom stereocenters. The lowest BCUT2D eigenvalue weighted by Crippen LogP contribution is -2.17. The number of oxime groups is 1. The normalized spacial score (nSPS) is 11.4. The van der Waals surface area contributed by atoms with Crippen LogP contribution in [0.2, 0.25) is 0 Å². The summed E-state index contributed by atoms with van der Waals surface area (Å²) in [6.07, 6.45) is 0. The van der Waals surface area contributed by atoms with E-state index in [4.69, 9.17) is 9.57 Å². The number of nitrogens with one attached hydrogen (secondary N) is 1. The van der Waals surface area contributed by atoms with Crippen LogP contribution in [0.25, 0.3) is 11.1 Å². The summed E-state index contributed by atoms with van der Waals surface area (Å²) in [5, 5.41) is 7.02. The minimum absolute atomic E-state index is 0.176. The zero-order chi connectivity index (χ0) is 18.6. The van der Waals surface area contributed by atoms with Crippen LogP contribution in [0.4, 0.5) is 5.69 Å². The molecule has 3 aromatic carbocycles. The van der Waals surface area contributed by atoms with E-state index in [9.17, 15) is 4.79 Å². The van der Waals surface area contributed by atoms with E-state index >= 15 is 0 Å². The molecule has 1 aliphatic carbocycles. The summed E-state index contributed by atoms with van der Waals surface area (Å²) in [5.41, 5.74) is 5.65. The van der Waals surface area contributed by atoms with E-state index in [1.165, 1.54) is 0 Å². The lowest BCUT2D eigenvalue weighted by molar-refractivity contribution is -0.120. The minimum atomic E-state index is -0.285. The number of carbonyl (C=O) groups is 1. The smallest absolute Gasteiger partial charge is 0.265 e. The fourth-order valence-corrected chi connectivity index (χ4v) is 3.15. The third-order valence-corrected chi connectivity index (χ3v) is 4.36. The monoisotopic (exact) mass is 358 g/mol. The zero-order valence-electron chi connectivity index (χ0n) is 14.8. The summed E-state index contributed by atoms with van der Waals surface area (Å²) in [7, 11) is 1.58. The quantitative estimate of drug-likeness (QED) is 0.547. The van der Waals surface area contributed by atoms with Crippen LogP contribution >= 0.6 is 0 Å². The zero-order valence-corrected chi connectivity index (χ0v) is 14.8. The third kappa shape index (κ3) is 3.40. The van der Waals surface area contributed by atoms with Crippen LogP contribution in [0.3, 0.4) is 0 Å². The topological polar surface area (TPSA) is 59.9 Å². The second-order valence-electron chi connectivity index (χ2n) is 6.08. The highest BCUT2D eigenvalue weighted by molar-refractivity contribution is 6.24. The Morgan fingerprint density at radius 2 is 1.52 bits per heavy atom. The number of benzene rings is 3. The van der Waals surface area contributed by atoms with Gasteiger partial charge in [0.15, 0.2) is 6.61 Å². The summed E-state index contributed by atoms with van der Waals surface area (Å²) >= 11 is 0. The second kappa shape index (κ2) is 7.33. The molecule has 0 bridgehead atoms. The predicted molar refractivity (Wildman–Crippen MR) is 105 cm³/mol. The van der Waals surface area contributed by atoms with E-state index in [1.54, 1.807) is 19.2 Å². The van der Waals surface area contributed by atoms with Gasteiger partial charge in [0.1, 0.15) is 11.5 Å². The Kier molecular flexibility index (Phi) is 4.58. The van der Waals surface area contributed by atoms with Crippen molar-refractivity contribution in [3.05, 3.63) is 83.9 Å². The molecule has 0 spiro atoms. The molecule has 3 aromatic rings. The van der Waals surface area contributed by atoms with Gasteiger partial charge in [0, 0.05) is 22.9 Å². The molecule has 0 aromatic heterocycles. The number of nitrogens with zero attached hydrogens (tertiary/aromatic N) is 1. The molecule has 5 heteroatoms. The highest BCUT2D eigenvalue weighted by Crippen LogP contribution is 2.36. The summed E-state index contributed by atoms with van der Waals surface area (Å²) in [6, 6.07) is 23.2. The molecule has 5 nitrogen and oxygen atoms in total. The number of rotatable bonds is 5. The SMILES string of the molecule is COc1cccc(NC(=O)CON=C2c3ccccc3-c3ccccc32)c1. The summed E-state index contributed by atoms with van der Waals surface area (Å²) in [6.45, 7) is -0.176. The Balaban J connectivity index is 1.48. The molecule has 0 fully saturated rings. The number of hydrogen-bond donors (Lipinski definition) is 1. The van der Waals surface area contributed by atoms with E-state index in [0.29, 0.717) is 11.4 Å². The predicted octanol–water partition coefficient (Wildman–Crippen LogP) is 4.08. The molecule has 0 aliphatic heterocycles. The average molecular weight is 358 g/mol. The number of fused-ring (bicyclic) bond motifs is 3. The fraction of sp³-hybridized carbons (Fsp3) is 0.0909. The van der Waals surface area contributed by atoms with Crippen molar-refractivity contribution in [3.8, 4) is 16.9 Å². The lowest BCUT2D eigenvalue weighted by atomic mass is 10.1. The highest BCUT2D eigenvalue weighted by Gasteiger charge is 2.24. The van der Waals surface area contributed by atoms with Crippen LogP contribution in [0.15, 0.2) is 78.0 Å². The van der Waals surface area contributed by atoms with E-state index in [0.717, 1.165) is 28.0 Å². The molecule has 134 valence electrons. The van der Waals surface area contributed by atoms with Gasteiger partial charge in [-0.1, -0.05) is 59.8 Å². The summed E-state index contributed by atoms with van der Waals surface area (Å²) in [5.74, 6) is 0.389. The highest BCUT2D eigenvalue weighted by atomic mass is 16.6. The van der Waals surface area contributed by atoms with Crippen molar-refractivity contribution in [2.75, 3.05) is 19.0 Å². The Morgan fingerprint density at radius 3 is 2.15 bits per heavy atom. The first kappa shape index (κ1) is 16.8. The van der Waals surface area contributed by atoms with Gasteiger partial charge in [-0.2, -0.15) is 0 Å². The van der Waals surface area contributed by atoms with Gasteiger partial charge in [-0.15, -0.1) is 0 Å². The number of methoxy groups -OCH3 is 1. The number of ether oxygens (including phenoxy) is 1. The van der Waals surface area contributed by atoms with Crippen LogP contribution in [0, 0.1) is 0 Å². The number of anilines is 1. The average Bonchev–Trinajstić information content (AvgIpc) is 3.02. The Morgan fingerprint density at radius 1 is 0.889 bits per heavy atom.